The smallest absolute Gasteiger partial charge is 0.272 e. The number of hydrogen-bond acceptors (Lipinski definition) is 3. The van der Waals surface area contributed by atoms with Crippen molar-refractivity contribution in [1.29, 1.82) is 0 Å². The summed E-state index contributed by atoms with van der Waals surface area (Å²) in [4.78, 5) is 17.0. The third kappa shape index (κ3) is 2.92. The molecule has 0 aliphatic carbocycles. The first-order chi connectivity index (χ1) is 11.3. The quantitative estimate of drug-likeness (QED) is 0.780. The maximum atomic E-state index is 12.4. The van der Waals surface area contributed by atoms with Crippen molar-refractivity contribution in [2.75, 3.05) is 13.1 Å². The molecule has 1 aliphatic heterocycles. The molecular formula is C18H20N4O. The largest absolute Gasteiger partial charge is 0.316 e. The molecule has 2 N–H and O–H groups in total. The highest BCUT2D eigenvalue weighted by atomic mass is 16.1. The van der Waals surface area contributed by atoms with Gasteiger partial charge < -0.3 is 5.32 Å². The molecule has 1 saturated heterocycles. The normalized spacial score (nSPS) is 18.3. The first kappa shape index (κ1) is 14.2. The Balaban J connectivity index is 1.68. The van der Waals surface area contributed by atoms with Crippen LogP contribution in [0, 0.1) is 5.92 Å². The molecule has 2 aromatic heterocycles. The highest BCUT2D eigenvalue weighted by Crippen LogP contribution is 2.19. The summed E-state index contributed by atoms with van der Waals surface area (Å²) in [6.45, 7) is 2.12. The molecule has 0 amide bonds. The van der Waals surface area contributed by atoms with Crippen molar-refractivity contribution in [2.45, 2.75) is 19.3 Å². The molecule has 1 aliphatic rings. The van der Waals surface area contributed by atoms with Crippen LogP contribution in [0.15, 0.2) is 47.3 Å². The topological polar surface area (TPSA) is 62.2 Å². The Kier molecular flexibility index (Phi) is 3.71. The van der Waals surface area contributed by atoms with E-state index in [1.165, 1.54) is 17.4 Å². The molecule has 1 aromatic carbocycles. The number of H-pyrrole nitrogens is 1. The Morgan fingerprint density at radius 1 is 1.22 bits per heavy atom. The number of aromatic amines is 1. The average Bonchev–Trinajstić information content (AvgIpc) is 3.01. The molecule has 0 bridgehead atoms. The van der Waals surface area contributed by atoms with Crippen LogP contribution in [0.4, 0.5) is 0 Å². The number of fused-ring (bicyclic) bond motifs is 1. The van der Waals surface area contributed by atoms with Crippen LogP contribution >= 0.6 is 0 Å². The number of aromatic nitrogens is 3. The van der Waals surface area contributed by atoms with Gasteiger partial charge in [0.15, 0.2) is 5.65 Å². The SMILES string of the molecule is O=c1cc(CC2CCCNC2)nc2cc(-c3ccccc3)[nH]n12. The molecule has 0 radical (unpaired) electrons. The molecule has 3 aromatic rings. The van der Waals surface area contributed by atoms with Gasteiger partial charge in [0.05, 0.1) is 5.69 Å². The van der Waals surface area contributed by atoms with Crippen molar-refractivity contribution in [3.8, 4) is 11.3 Å². The zero-order chi connectivity index (χ0) is 15.6. The predicted molar refractivity (Wildman–Crippen MR) is 90.5 cm³/mol. The second-order valence-corrected chi connectivity index (χ2v) is 6.23. The Labute approximate surface area is 134 Å². The molecule has 1 unspecified atom stereocenters. The molecule has 4 rings (SSSR count). The van der Waals surface area contributed by atoms with Crippen LogP contribution in [0.2, 0.25) is 0 Å². The fraction of sp³-hybridized carbons (Fsp3) is 0.333. The third-order valence-corrected chi connectivity index (χ3v) is 4.48. The molecule has 3 heterocycles. The highest BCUT2D eigenvalue weighted by molar-refractivity contribution is 5.63. The zero-order valence-electron chi connectivity index (χ0n) is 13.0. The Bertz CT molecular complexity index is 860. The average molecular weight is 308 g/mol. The van der Waals surface area contributed by atoms with E-state index < -0.39 is 0 Å². The van der Waals surface area contributed by atoms with Crippen LogP contribution in [-0.2, 0) is 6.42 Å². The van der Waals surface area contributed by atoms with Crippen LogP contribution in [0.3, 0.4) is 0 Å². The van der Waals surface area contributed by atoms with E-state index in [1.54, 1.807) is 6.07 Å². The lowest BCUT2D eigenvalue weighted by Gasteiger charge is -2.22. The summed E-state index contributed by atoms with van der Waals surface area (Å²) in [7, 11) is 0. The molecule has 118 valence electrons. The Morgan fingerprint density at radius 2 is 2.09 bits per heavy atom. The number of hydrogen-bond donors (Lipinski definition) is 2. The van der Waals surface area contributed by atoms with Crippen LogP contribution in [0.1, 0.15) is 18.5 Å². The summed E-state index contributed by atoms with van der Waals surface area (Å²) in [5.74, 6) is 0.575. The van der Waals surface area contributed by atoms with Gasteiger partial charge in [0.2, 0.25) is 0 Å². The zero-order valence-corrected chi connectivity index (χ0v) is 13.0. The van der Waals surface area contributed by atoms with E-state index in [2.05, 4.69) is 15.4 Å². The maximum Gasteiger partial charge on any atom is 0.272 e. The fourth-order valence-corrected chi connectivity index (χ4v) is 3.30. The molecule has 1 atom stereocenters. The van der Waals surface area contributed by atoms with E-state index in [0.717, 1.165) is 36.5 Å². The second-order valence-electron chi connectivity index (χ2n) is 6.23. The maximum absolute atomic E-state index is 12.4. The molecule has 23 heavy (non-hydrogen) atoms. The summed E-state index contributed by atoms with van der Waals surface area (Å²) in [6, 6.07) is 13.6. The van der Waals surface area contributed by atoms with Crippen molar-refractivity contribution in [1.82, 2.24) is 19.9 Å². The van der Waals surface area contributed by atoms with Gasteiger partial charge in [0.1, 0.15) is 0 Å². The van der Waals surface area contributed by atoms with Gasteiger partial charge in [-0.1, -0.05) is 30.3 Å². The lowest BCUT2D eigenvalue weighted by Crippen LogP contribution is -2.31. The molecule has 0 saturated carbocycles. The minimum absolute atomic E-state index is 0.0454. The van der Waals surface area contributed by atoms with Gasteiger partial charge in [-0.2, -0.15) is 0 Å². The van der Waals surface area contributed by atoms with Crippen LogP contribution in [0.25, 0.3) is 16.9 Å². The minimum atomic E-state index is -0.0454. The van der Waals surface area contributed by atoms with E-state index in [9.17, 15) is 4.79 Å². The van der Waals surface area contributed by atoms with Gasteiger partial charge in [-0.15, -0.1) is 0 Å². The summed E-state index contributed by atoms with van der Waals surface area (Å²) in [6.07, 6.45) is 3.27. The summed E-state index contributed by atoms with van der Waals surface area (Å²) in [5, 5.41) is 6.56. The molecular weight excluding hydrogens is 288 g/mol. The van der Waals surface area contributed by atoms with Crippen molar-refractivity contribution < 1.29 is 0 Å². The minimum Gasteiger partial charge on any atom is -0.316 e. The van der Waals surface area contributed by atoms with E-state index in [0.29, 0.717) is 11.6 Å². The fourth-order valence-electron chi connectivity index (χ4n) is 3.30. The Hall–Kier alpha value is -2.40. The van der Waals surface area contributed by atoms with Gasteiger partial charge >= 0.3 is 0 Å². The highest BCUT2D eigenvalue weighted by Gasteiger charge is 2.15. The van der Waals surface area contributed by atoms with Gasteiger partial charge in [-0.25, -0.2) is 9.50 Å². The molecule has 0 spiro atoms. The van der Waals surface area contributed by atoms with E-state index in [-0.39, 0.29) is 5.56 Å². The van der Waals surface area contributed by atoms with E-state index in [4.69, 9.17) is 0 Å². The van der Waals surface area contributed by atoms with E-state index in [1.807, 2.05) is 36.4 Å². The molecule has 1 fully saturated rings. The van der Waals surface area contributed by atoms with Crippen molar-refractivity contribution in [2.24, 2.45) is 5.92 Å². The Morgan fingerprint density at radius 3 is 2.87 bits per heavy atom. The van der Waals surface area contributed by atoms with Gasteiger partial charge in [-0.3, -0.25) is 9.89 Å². The first-order valence-corrected chi connectivity index (χ1v) is 8.17. The van der Waals surface area contributed by atoms with Crippen molar-refractivity contribution in [3.05, 3.63) is 58.5 Å². The number of nitrogens with zero attached hydrogens (tertiary/aromatic N) is 2. The van der Waals surface area contributed by atoms with Gasteiger partial charge in [0.25, 0.3) is 5.56 Å². The lowest BCUT2D eigenvalue weighted by atomic mass is 9.94. The van der Waals surface area contributed by atoms with Gasteiger partial charge in [-0.05, 0) is 43.8 Å². The third-order valence-electron chi connectivity index (χ3n) is 4.48. The van der Waals surface area contributed by atoms with Crippen LogP contribution in [0.5, 0.6) is 0 Å². The number of rotatable bonds is 3. The molecule has 5 nitrogen and oxygen atoms in total. The summed E-state index contributed by atoms with van der Waals surface area (Å²) >= 11 is 0. The summed E-state index contributed by atoms with van der Waals surface area (Å²) < 4.78 is 1.52. The lowest BCUT2D eigenvalue weighted by molar-refractivity contribution is 0.373. The number of piperidine rings is 1. The number of nitrogens with one attached hydrogen (secondary N) is 2. The second kappa shape index (κ2) is 6.01. The predicted octanol–water partition coefficient (Wildman–Crippen LogP) is 2.23. The number of benzene rings is 1. The van der Waals surface area contributed by atoms with Crippen LogP contribution in [-0.4, -0.2) is 27.7 Å². The standard InChI is InChI=1S/C18H20N4O/c23-18-10-15(9-13-5-4-8-19-12-13)20-17-11-16(21-22(17)18)14-6-2-1-3-7-14/h1-3,6-7,10-11,13,19,21H,4-5,8-9,12H2. The first-order valence-electron chi connectivity index (χ1n) is 8.17. The van der Waals surface area contributed by atoms with Crippen molar-refractivity contribution in [3.63, 3.8) is 0 Å². The van der Waals surface area contributed by atoms with Crippen molar-refractivity contribution >= 4 is 5.65 Å². The monoisotopic (exact) mass is 308 g/mol. The molecule has 5 heteroatoms. The van der Waals surface area contributed by atoms with Gasteiger partial charge in [0, 0.05) is 17.8 Å². The van der Waals surface area contributed by atoms with Crippen LogP contribution < -0.4 is 10.9 Å². The van der Waals surface area contributed by atoms with E-state index >= 15 is 0 Å². The summed E-state index contributed by atoms with van der Waals surface area (Å²) in [5.41, 5.74) is 3.50.